The Morgan fingerprint density at radius 2 is 2.06 bits per heavy atom. The van der Waals surface area contributed by atoms with E-state index in [0.29, 0.717) is 18.3 Å². The van der Waals surface area contributed by atoms with Gasteiger partial charge in [0.25, 0.3) is 0 Å². The van der Waals surface area contributed by atoms with E-state index in [9.17, 15) is 8.78 Å². The number of benzene rings is 1. The van der Waals surface area contributed by atoms with Crippen molar-refractivity contribution in [3.8, 4) is 0 Å². The number of rotatable bonds is 7. The molecule has 1 aromatic rings. The lowest BCUT2D eigenvalue weighted by atomic mass is 10.1. The summed E-state index contributed by atoms with van der Waals surface area (Å²) in [5.41, 5.74) is 0.759. The fourth-order valence-electron chi connectivity index (χ4n) is 1.53. The van der Waals surface area contributed by atoms with Gasteiger partial charge in [0.2, 0.25) is 0 Å². The smallest absolute Gasteiger partial charge is 0.159 e. The molecule has 1 unspecified atom stereocenters. The van der Waals surface area contributed by atoms with Crippen molar-refractivity contribution in [1.82, 2.24) is 5.32 Å². The molecule has 0 radical (unpaired) electrons. The molecule has 0 amide bonds. The quantitative estimate of drug-likeness (QED) is 0.583. The van der Waals surface area contributed by atoms with Gasteiger partial charge in [-0.2, -0.15) is 0 Å². The average molecular weight is 262 g/mol. The lowest BCUT2D eigenvalue weighted by molar-refractivity contribution is 0.504. The molecule has 0 spiro atoms. The van der Waals surface area contributed by atoms with Crippen molar-refractivity contribution in [2.75, 3.05) is 12.4 Å². The van der Waals surface area contributed by atoms with Gasteiger partial charge in [0, 0.05) is 12.4 Å². The Morgan fingerprint density at radius 1 is 1.29 bits per heavy atom. The lowest BCUT2D eigenvalue weighted by Crippen LogP contribution is -2.15. The van der Waals surface area contributed by atoms with Crippen LogP contribution in [0.15, 0.2) is 18.2 Å². The van der Waals surface area contributed by atoms with Crippen molar-refractivity contribution in [3.63, 3.8) is 0 Å². The van der Waals surface area contributed by atoms with Crippen molar-refractivity contribution in [2.45, 2.75) is 26.3 Å². The summed E-state index contributed by atoms with van der Waals surface area (Å²) < 4.78 is 25.6. The minimum Gasteiger partial charge on any atom is -0.313 e. The van der Waals surface area contributed by atoms with Gasteiger partial charge in [0.15, 0.2) is 11.6 Å². The van der Waals surface area contributed by atoms with Crippen LogP contribution in [0.4, 0.5) is 8.78 Å². The van der Waals surface area contributed by atoms with Crippen LogP contribution in [-0.4, -0.2) is 12.4 Å². The number of hydrogen-bond acceptors (Lipinski definition) is 1. The molecule has 0 fully saturated rings. The molecule has 17 heavy (non-hydrogen) atoms. The summed E-state index contributed by atoms with van der Waals surface area (Å²) in [4.78, 5) is 0. The standard InChI is InChI=1S/C13H18ClF2N/c1-10(8-14)3-2-6-17-9-11-4-5-12(15)13(16)7-11/h4-5,7,10,17H,2-3,6,8-9H2,1H3. The first-order valence-corrected chi connectivity index (χ1v) is 6.37. The van der Waals surface area contributed by atoms with E-state index >= 15 is 0 Å². The number of hydrogen-bond donors (Lipinski definition) is 1. The van der Waals surface area contributed by atoms with Crippen molar-refractivity contribution >= 4 is 11.6 Å². The first-order valence-electron chi connectivity index (χ1n) is 5.84. The third-order valence-corrected chi connectivity index (χ3v) is 3.15. The molecule has 1 N–H and O–H groups in total. The number of alkyl halides is 1. The maximum atomic E-state index is 12.9. The zero-order chi connectivity index (χ0) is 12.7. The third-order valence-electron chi connectivity index (χ3n) is 2.63. The summed E-state index contributed by atoms with van der Waals surface area (Å²) in [7, 11) is 0. The van der Waals surface area contributed by atoms with Crippen molar-refractivity contribution < 1.29 is 8.78 Å². The summed E-state index contributed by atoms with van der Waals surface area (Å²) in [6.07, 6.45) is 2.12. The first-order chi connectivity index (χ1) is 8.13. The van der Waals surface area contributed by atoms with Gasteiger partial charge in [-0.25, -0.2) is 8.78 Å². The molecule has 1 atom stereocenters. The molecule has 1 aromatic carbocycles. The van der Waals surface area contributed by atoms with E-state index in [0.717, 1.165) is 31.0 Å². The highest BCUT2D eigenvalue weighted by Gasteiger charge is 2.02. The summed E-state index contributed by atoms with van der Waals surface area (Å²) in [6, 6.07) is 3.97. The molecule has 0 aromatic heterocycles. The van der Waals surface area contributed by atoms with Gasteiger partial charge < -0.3 is 5.32 Å². The minimum atomic E-state index is -0.801. The highest BCUT2D eigenvalue weighted by molar-refractivity contribution is 6.18. The van der Waals surface area contributed by atoms with Gasteiger partial charge >= 0.3 is 0 Å². The molecular formula is C13H18ClF2N. The Balaban J connectivity index is 2.20. The van der Waals surface area contributed by atoms with E-state index in [-0.39, 0.29) is 0 Å². The normalized spacial score (nSPS) is 12.7. The van der Waals surface area contributed by atoms with E-state index < -0.39 is 11.6 Å². The number of halogens is 3. The topological polar surface area (TPSA) is 12.0 Å². The second-order valence-corrected chi connectivity index (χ2v) is 4.64. The van der Waals surface area contributed by atoms with Gasteiger partial charge in [-0.15, -0.1) is 11.6 Å². The Morgan fingerprint density at radius 3 is 2.71 bits per heavy atom. The molecule has 96 valence electrons. The van der Waals surface area contributed by atoms with Crippen LogP contribution in [0.25, 0.3) is 0 Å². The maximum absolute atomic E-state index is 12.9. The van der Waals surface area contributed by atoms with Crippen molar-refractivity contribution in [3.05, 3.63) is 35.4 Å². The van der Waals surface area contributed by atoms with E-state index in [4.69, 9.17) is 11.6 Å². The average Bonchev–Trinajstić information content (AvgIpc) is 2.33. The largest absolute Gasteiger partial charge is 0.313 e. The second-order valence-electron chi connectivity index (χ2n) is 4.33. The van der Waals surface area contributed by atoms with Crippen LogP contribution in [0.5, 0.6) is 0 Å². The minimum absolute atomic E-state index is 0.529. The summed E-state index contributed by atoms with van der Waals surface area (Å²) in [5, 5.41) is 3.20. The van der Waals surface area contributed by atoms with Crippen LogP contribution < -0.4 is 5.32 Å². The second kappa shape index (κ2) is 7.62. The third kappa shape index (κ3) is 5.46. The molecular weight excluding hydrogens is 244 g/mol. The molecule has 0 aliphatic rings. The lowest BCUT2D eigenvalue weighted by Gasteiger charge is -2.08. The summed E-state index contributed by atoms with van der Waals surface area (Å²) in [5.74, 6) is -0.380. The first kappa shape index (κ1) is 14.4. The highest BCUT2D eigenvalue weighted by atomic mass is 35.5. The van der Waals surface area contributed by atoms with Gasteiger partial charge in [-0.05, 0) is 43.0 Å². The Kier molecular flexibility index (Phi) is 6.45. The van der Waals surface area contributed by atoms with Crippen molar-refractivity contribution in [1.29, 1.82) is 0 Å². The zero-order valence-corrected chi connectivity index (χ0v) is 10.7. The van der Waals surface area contributed by atoms with Gasteiger partial charge in [-0.1, -0.05) is 13.0 Å². The van der Waals surface area contributed by atoms with Crippen LogP contribution in [0.1, 0.15) is 25.3 Å². The van der Waals surface area contributed by atoms with Gasteiger partial charge in [0.1, 0.15) is 0 Å². The fourth-order valence-corrected chi connectivity index (χ4v) is 1.69. The SMILES string of the molecule is CC(CCl)CCCNCc1ccc(F)c(F)c1. The molecule has 0 saturated heterocycles. The van der Waals surface area contributed by atoms with Crippen LogP contribution >= 0.6 is 11.6 Å². The predicted octanol–water partition coefficient (Wildman–Crippen LogP) is 3.71. The van der Waals surface area contributed by atoms with Crippen molar-refractivity contribution in [2.24, 2.45) is 5.92 Å². The van der Waals surface area contributed by atoms with E-state index in [2.05, 4.69) is 12.2 Å². The summed E-state index contributed by atoms with van der Waals surface area (Å²) in [6.45, 7) is 3.54. The summed E-state index contributed by atoms with van der Waals surface area (Å²) >= 11 is 5.70. The highest BCUT2D eigenvalue weighted by Crippen LogP contribution is 2.09. The molecule has 0 aliphatic carbocycles. The van der Waals surface area contributed by atoms with Crippen LogP contribution in [0.2, 0.25) is 0 Å². The molecule has 0 saturated carbocycles. The molecule has 0 aliphatic heterocycles. The van der Waals surface area contributed by atoms with Gasteiger partial charge in [-0.3, -0.25) is 0 Å². The maximum Gasteiger partial charge on any atom is 0.159 e. The van der Waals surface area contributed by atoms with E-state index in [1.165, 1.54) is 6.07 Å². The zero-order valence-electron chi connectivity index (χ0n) is 9.98. The monoisotopic (exact) mass is 261 g/mol. The predicted molar refractivity (Wildman–Crippen MR) is 67.2 cm³/mol. The van der Waals surface area contributed by atoms with Crippen LogP contribution in [0, 0.1) is 17.6 Å². The Bertz CT molecular complexity index is 344. The van der Waals surface area contributed by atoms with E-state index in [1.807, 2.05) is 0 Å². The number of nitrogens with one attached hydrogen (secondary N) is 1. The van der Waals surface area contributed by atoms with Crippen LogP contribution in [0.3, 0.4) is 0 Å². The van der Waals surface area contributed by atoms with Crippen LogP contribution in [-0.2, 0) is 6.54 Å². The fraction of sp³-hybridized carbons (Fsp3) is 0.538. The molecule has 1 nitrogen and oxygen atoms in total. The molecule has 0 heterocycles. The molecule has 1 rings (SSSR count). The Labute approximate surface area is 106 Å². The molecule has 4 heteroatoms. The molecule has 0 bridgehead atoms. The van der Waals surface area contributed by atoms with E-state index in [1.54, 1.807) is 6.07 Å². The van der Waals surface area contributed by atoms with Gasteiger partial charge in [0.05, 0.1) is 0 Å². The Hall–Kier alpha value is -0.670.